The highest BCUT2D eigenvalue weighted by Gasteiger charge is 2.20. The van der Waals surface area contributed by atoms with E-state index in [2.05, 4.69) is 22.1 Å². The molecule has 0 unspecified atom stereocenters. The van der Waals surface area contributed by atoms with Gasteiger partial charge in [-0.05, 0) is 44.2 Å². The van der Waals surface area contributed by atoms with Gasteiger partial charge in [-0.3, -0.25) is 4.90 Å². The molecule has 1 fully saturated rings. The van der Waals surface area contributed by atoms with Crippen LogP contribution < -0.4 is 4.74 Å². The molecule has 22 heavy (non-hydrogen) atoms. The van der Waals surface area contributed by atoms with Gasteiger partial charge in [-0.25, -0.2) is 0 Å². The lowest BCUT2D eigenvalue weighted by atomic mass is 9.94. The lowest BCUT2D eigenvalue weighted by Crippen LogP contribution is -2.33. The SMILES string of the molecule is COc1ccc(-c2nc(CN(C)C3CCCCC3)no2)cc1. The van der Waals surface area contributed by atoms with Crippen LogP contribution in [-0.2, 0) is 6.54 Å². The molecular weight excluding hydrogens is 278 g/mol. The molecule has 0 radical (unpaired) electrons. The van der Waals surface area contributed by atoms with E-state index < -0.39 is 0 Å². The van der Waals surface area contributed by atoms with Crippen molar-refractivity contribution in [1.29, 1.82) is 0 Å². The first-order valence-corrected chi connectivity index (χ1v) is 7.93. The van der Waals surface area contributed by atoms with E-state index in [1.54, 1.807) is 7.11 Å². The summed E-state index contributed by atoms with van der Waals surface area (Å²) in [5, 5.41) is 4.11. The molecule has 5 nitrogen and oxygen atoms in total. The minimum atomic E-state index is 0.565. The number of rotatable bonds is 5. The van der Waals surface area contributed by atoms with Gasteiger partial charge in [0.25, 0.3) is 5.89 Å². The number of ether oxygens (including phenoxy) is 1. The van der Waals surface area contributed by atoms with Crippen LogP contribution in [-0.4, -0.2) is 35.2 Å². The summed E-state index contributed by atoms with van der Waals surface area (Å²) in [5.41, 5.74) is 0.917. The molecule has 2 aromatic rings. The molecule has 1 aromatic carbocycles. The fraction of sp³-hybridized carbons (Fsp3) is 0.529. The standard InChI is InChI=1S/C17H23N3O2/c1-20(14-6-4-3-5-7-14)12-16-18-17(22-19-16)13-8-10-15(21-2)11-9-13/h8-11,14H,3-7,12H2,1-2H3. The molecule has 5 heteroatoms. The van der Waals surface area contributed by atoms with Crippen LogP contribution in [0.25, 0.3) is 11.5 Å². The first kappa shape index (κ1) is 15.0. The van der Waals surface area contributed by atoms with E-state index in [1.807, 2.05) is 24.3 Å². The summed E-state index contributed by atoms with van der Waals surface area (Å²) < 4.78 is 10.5. The van der Waals surface area contributed by atoms with Gasteiger partial charge in [-0.15, -0.1) is 0 Å². The van der Waals surface area contributed by atoms with Crippen LogP contribution in [0.2, 0.25) is 0 Å². The smallest absolute Gasteiger partial charge is 0.257 e. The van der Waals surface area contributed by atoms with Crippen LogP contribution in [0, 0.1) is 0 Å². The van der Waals surface area contributed by atoms with E-state index in [0.29, 0.717) is 11.9 Å². The largest absolute Gasteiger partial charge is 0.497 e. The van der Waals surface area contributed by atoms with E-state index in [4.69, 9.17) is 9.26 Å². The third-order valence-corrected chi connectivity index (χ3v) is 4.39. The van der Waals surface area contributed by atoms with Gasteiger partial charge < -0.3 is 9.26 Å². The molecule has 118 valence electrons. The van der Waals surface area contributed by atoms with Crippen molar-refractivity contribution in [2.24, 2.45) is 0 Å². The van der Waals surface area contributed by atoms with Gasteiger partial charge in [-0.1, -0.05) is 24.4 Å². The molecule has 0 saturated heterocycles. The highest BCUT2D eigenvalue weighted by atomic mass is 16.5. The molecule has 1 heterocycles. The summed E-state index contributed by atoms with van der Waals surface area (Å²) in [6, 6.07) is 8.31. The molecule has 1 aromatic heterocycles. The second-order valence-corrected chi connectivity index (χ2v) is 5.95. The van der Waals surface area contributed by atoms with Gasteiger partial charge in [0.1, 0.15) is 5.75 Å². The summed E-state index contributed by atoms with van der Waals surface area (Å²) in [6.07, 6.45) is 6.59. The van der Waals surface area contributed by atoms with E-state index >= 15 is 0 Å². The lowest BCUT2D eigenvalue weighted by molar-refractivity contribution is 0.179. The van der Waals surface area contributed by atoms with Crippen molar-refractivity contribution in [3.8, 4) is 17.2 Å². The first-order valence-electron chi connectivity index (χ1n) is 7.93. The first-order chi connectivity index (χ1) is 10.8. The molecule has 0 N–H and O–H groups in total. The topological polar surface area (TPSA) is 51.4 Å². The number of hydrogen-bond donors (Lipinski definition) is 0. The molecule has 1 saturated carbocycles. The predicted molar refractivity (Wildman–Crippen MR) is 84.6 cm³/mol. The maximum Gasteiger partial charge on any atom is 0.257 e. The van der Waals surface area contributed by atoms with Gasteiger partial charge in [0.05, 0.1) is 13.7 Å². The third kappa shape index (κ3) is 3.47. The van der Waals surface area contributed by atoms with Gasteiger partial charge in [0.15, 0.2) is 5.82 Å². The number of hydrogen-bond acceptors (Lipinski definition) is 5. The molecule has 1 aliphatic rings. The van der Waals surface area contributed by atoms with E-state index in [1.165, 1.54) is 32.1 Å². The Balaban J connectivity index is 1.64. The molecule has 0 amide bonds. The second kappa shape index (κ2) is 6.92. The molecule has 0 aliphatic heterocycles. The summed E-state index contributed by atoms with van der Waals surface area (Å²) in [6.45, 7) is 0.740. The van der Waals surface area contributed by atoms with E-state index in [-0.39, 0.29) is 0 Å². The van der Waals surface area contributed by atoms with Crippen molar-refractivity contribution in [3.63, 3.8) is 0 Å². The highest BCUT2D eigenvalue weighted by molar-refractivity contribution is 5.54. The van der Waals surface area contributed by atoms with Gasteiger partial charge in [0.2, 0.25) is 0 Å². The van der Waals surface area contributed by atoms with E-state index in [0.717, 1.165) is 23.7 Å². The zero-order valence-corrected chi connectivity index (χ0v) is 13.3. The molecule has 0 bridgehead atoms. The van der Waals surface area contributed by atoms with Crippen molar-refractivity contribution in [1.82, 2.24) is 15.0 Å². The van der Waals surface area contributed by atoms with Crippen molar-refractivity contribution in [3.05, 3.63) is 30.1 Å². The third-order valence-electron chi connectivity index (χ3n) is 4.39. The van der Waals surface area contributed by atoms with Crippen LogP contribution >= 0.6 is 0 Å². The normalized spacial score (nSPS) is 16.1. The fourth-order valence-electron chi connectivity index (χ4n) is 3.04. The Labute approximate surface area is 131 Å². The average Bonchev–Trinajstić information content (AvgIpc) is 3.04. The summed E-state index contributed by atoms with van der Waals surface area (Å²) >= 11 is 0. The molecule has 0 spiro atoms. The van der Waals surface area contributed by atoms with Crippen molar-refractivity contribution in [2.45, 2.75) is 44.7 Å². The Morgan fingerprint density at radius 3 is 2.59 bits per heavy atom. The summed E-state index contributed by atoms with van der Waals surface area (Å²) in [7, 11) is 3.81. The number of benzene rings is 1. The summed E-state index contributed by atoms with van der Waals surface area (Å²) in [4.78, 5) is 6.86. The fourth-order valence-corrected chi connectivity index (χ4v) is 3.04. The highest BCUT2D eigenvalue weighted by Crippen LogP contribution is 2.24. The maximum atomic E-state index is 5.38. The number of aromatic nitrogens is 2. The minimum absolute atomic E-state index is 0.565. The van der Waals surface area contributed by atoms with Crippen LogP contribution in [0.15, 0.2) is 28.8 Å². The van der Waals surface area contributed by atoms with Crippen LogP contribution in [0.3, 0.4) is 0 Å². The second-order valence-electron chi connectivity index (χ2n) is 5.95. The minimum Gasteiger partial charge on any atom is -0.497 e. The number of nitrogens with zero attached hydrogens (tertiary/aromatic N) is 3. The van der Waals surface area contributed by atoms with Gasteiger partial charge in [0, 0.05) is 11.6 Å². The van der Waals surface area contributed by atoms with Gasteiger partial charge in [-0.2, -0.15) is 4.98 Å². The zero-order chi connectivity index (χ0) is 15.4. The summed E-state index contributed by atoms with van der Waals surface area (Å²) in [5.74, 6) is 2.13. The predicted octanol–water partition coefficient (Wildman–Crippen LogP) is 3.51. The van der Waals surface area contributed by atoms with Crippen LogP contribution in [0.1, 0.15) is 37.9 Å². The quantitative estimate of drug-likeness (QED) is 0.846. The van der Waals surface area contributed by atoms with Crippen molar-refractivity contribution >= 4 is 0 Å². The van der Waals surface area contributed by atoms with E-state index in [9.17, 15) is 0 Å². The van der Waals surface area contributed by atoms with Crippen LogP contribution in [0.4, 0.5) is 0 Å². The molecule has 1 aliphatic carbocycles. The Bertz CT molecular complexity index is 588. The molecular formula is C17H23N3O2. The lowest BCUT2D eigenvalue weighted by Gasteiger charge is -2.30. The van der Waals surface area contributed by atoms with Crippen molar-refractivity contribution in [2.75, 3.05) is 14.2 Å². The Morgan fingerprint density at radius 2 is 1.91 bits per heavy atom. The average molecular weight is 301 g/mol. The zero-order valence-electron chi connectivity index (χ0n) is 13.3. The Hall–Kier alpha value is -1.88. The Morgan fingerprint density at radius 1 is 1.18 bits per heavy atom. The number of methoxy groups -OCH3 is 1. The molecule has 3 rings (SSSR count). The molecule has 0 atom stereocenters. The maximum absolute atomic E-state index is 5.38. The van der Waals surface area contributed by atoms with Crippen LogP contribution in [0.5, 0.6) is 5.75 Å². The van der Waals surface area contributed by atoms with Gasteiger partial charge >= 0.3 is 0 Å². The monoisotopic (exact) mass is 301 g/mol. The Kier molecular flexibility index (Phi) is 4.73. The van der Waals surface area contributed by atoms with Crippen molar-refractivity contribution < 1.29 is 9.26 Å².